The van der Waals surface area contributed by atoms with Crippen molar-refractivity contribution in [2.24, 2.45) is 0 Å². The summed E-state index contributed by atoms with van der Waals surface area (Å²) in [6.45, 7) is 1.24. The molecule has 0 aromatic carbocycles. The molecule has 0 saturated heterocycles. The molecule has 0 amide bonds. The maximum absolute atomic E-state index is 4.89. The van der Waals surface area contributed by atoms with Crippen molar-refractivity contribution in [2.45, 2.75) is 13.2 Å². The quantitative estimate of drug-likeness (QED) is 0.831. The van der Waals surface area contributed by atoms with Crippen molar-refractivity contribution in [3.8, 4) is 0 Å². The second kappa shape index (κ2) is 9.27. The lowest BCUT2D eigenvalue weighted by Crippen LogP contribution is -1.88. The van der Waals surface area contributed by atoms with Gasteiger partial charge in [0.25, 0.3) is 0 Å². The van der Waals surface area contributed by atoms with Crippen LogP contribution in [0.4, 0.5) is 0 Å². The average molecular weight is 246 g/mol. The third-order valence-electron chi connectivity index (χ3n) is 2.05. The molecule has 96 valence electrons. The summed E-state index contributed by atoms with van der Waals surface area (Å²) in [5, 5.41) is 0. The van der Waals surface area contributed by atoms with Crippen LogP contribution in [0.25, 0.3) is 0 Å². The van der Waals surface area contributed by atoms with Crippen molar-refractivity contribution in [1.82, 2.24) is 9.97 Å². The summed E-state index contributed by atoms with van der Waals surface area (Å²) >= 11 is 0. The van der Waals surface area contributed by atoms with Gasteiger partial charge in [0.1, 0.15) is 0 Å². The van der Waals surface area contributed by atoms with Gasteiger partial charge in [-0.2, -0.15) is 0 Å². The van der Waals surface area contributed by atoms with Gasteiger partial charge in [0, 0.05) is 32.8 Å². The van der Waals surface area contributed by atoms with Crippen LogP contribution in [0, 0.1) is 0 Å². The number of aromatic nitrogens is 2. The second-order valence-electron chi connectivity index (χ2n) is 3.55. The summed E-state index contributed by atoms with van der Waals surface area (Å²) in [6, 6.07) is 9.65. The standard InChI is InChI=1S/2C7H9NO/c1-9-6-7-3-2-4-8-5-7;1-9-6-7-4-2-3-5-8-7/h2*2-5H,6H2,1H3. The Labute approximate surface area is 108 Å². The molecule has 0 radical (unpaired) electrons. The molecule has 4 heteroatoms. The highest BCUT2D eigenvalue weighted by atomic mass is 16.5. The highest BCUT2D eigenvalue weighted by molar-refractivity contribution is 5.06. The minimum atomic E-state index is 0.598. The Bertz CT molecular complexity index is 365. The molecular formula is C14H18N2O2. The summed E-state index contributed by atoms with van der Waals surface area (Å²) < 4.78 is 9.75. The monoisotopic (exact) mass is 246 g/mol. The van der Waals surface area contributed by atoms with Crippen molar-refractivity contribution in [1.29, 1.82) is 0 Å². The van der Waals surface area contributed by atoms with E-state index in [4.69, 9.17) is 9.47 Å². The zero-order chi connectivity index (χ0) is 13.1. The minimum absolute atomic E-state index is 0.598. The van der Waals surface area contributed by atoms with Crippen LogP contribution in [0.1, 0.15) is 11.3 Å². The normalized spacial score (nSPS) is 9.44. The molecule has 0 atom stereocenters. The minimum Gasteiger partial charge on any atom is -0.380 e. The SMILES string of the molecule is COCc1ccccn1.COCc1cccnc1. The van der Waals surface area contributed by atoms with Crippen LogP contribution in [0.15, 0.2) is 48.9 Å². The Morgan fingerprint density at radius 1 is 0.944 bits per heavy atom. The first-order valence-electron chi connectivity index (χ1n) is 5.63. The lowest BCUT2D eigenvalue weighted by atomic mass is 10.3. The number of ether oxygens (including phenoxy) is 2. The molecular weight excluding hydrogens is 228 g/mol. The summed E-state index contributed by atoms with van der Waals surface area (Å²) in [5.41, 5.74) is 2.08. The van der Waals surface area contributed by atoms with Gasteiger partial charge in [-0.25, -0.2) is 0 Å². The molecule has 0 N–H and O–H groups in total. The van der Waals surface area contributed by atoms with Gasteiger partial charge in [0.2, 0.25) is 0 Å². The number of hydrogen-bond acceptors (Lipinski definition) is 4. The molecule has 4 nitrogen and oxygen atoms in total. The summed E-state index contributed by atoms with van der Waals surface area (Å²) in [7, 11) is 3.34. The highest BCUT2D eigenvalue weighted by Crippen LogP contribution is 1.95. The van der Waals surface area contributed by atoms with E-state index in [1.54, 1.807) is 32.8 Å². The average Bonchev–Trinajstić information content (AvgIpc) is 2.43. The molecule has 0 bridgehead atoms. The van der Waals surface area contributed by atoms with Gasteiger partial charge in [-0.3, -0.25) is 9.97 Å². The van der Waals surface area contributed by atoms with Gasteiger partial charge in [-0.1, -0.05) is 12.1 Å². The van der Waals surface area contributed by atoms with Gasteiger partial charge < -0.3 is 9.47 Å². The Hall–Kier alpha value is -1.78. The maximum atomic E-state index is 4.89. The van der Waals surface area contributed by atoms with Crippen LogP contribution >= 0.6 is 0 Å². The third kappa shape index (κ3) is 6.08. The number of pyridine rings is 2. The fourth-order valence-corrected chi connectivity index (χ4v) is 1.28. The maximum Gasteiger partial charge on any atom is 0.0884 e. The molecule has 0 spiro atoms. The molecule has 0 saturated carbocycles. The van der Waals surface area contributed by atoms with Crippen LogP contribution in [-0.2, 0) is 22.7 Å². The molecule has 0 aliphatic heterocycles. The second-order valence-corrected chi connectivity index (χ2v) is 3.55. The topological polar surface area (TPSA) is 44.2 Å². The first-order valence-corrected chi connectivity index (χ1v) is 5.63. The first-order chi connectivity index (χ1) is 8.86. The van der Waals surface area contributed by atoms with Crippen molar-refractivity contribution >= 4 is 0 Å². The molecule has 2 aromatic heterocycles. The Morgan fingerprint density at radius 2 is 1.78 bits per heavy atom. The predicted molar refractivity (Wildman–Crippen MR) is 69.9 cm³/mol. The van der Waals surface area contributed by atoms with Crippen LogP contribution in [0.3, 0.4) is 0 Å². The fraction of sp³-hybridized carbons (Fsp3) is 0.286. The Kier molecular flexibility index (Phi) is 7.36. The van der Waals surface area contributed by atoms with Gasteiger partial charge in [0.15, 0.2) is 0 Å². The molecule has 0 aliphatic rings. The first kappa shape index (κ1) is 14.3. The van der Waals surface area contributed by atoms with Crippen molar-refractivity contribution in [3.63, 3.8) is 0 Å². The van der Waals surface area contributed by atoms with Crippen molar-refractivity contribution < 1.29 is 9.47 Å². The molecule has 2 heterocycles. The van der Waals surface area contributed by atoms with Crippen molar-refractivity contribution in [2.75, 3.05) is 14.2 Å². The lowest BCUT2D eigenvalue weighted by molar-refractivity contribution is 0.181. The fourth-order valence-electron chi connectivity index (χ4n) is 1.28. The number of rotatable bonds is 4. The zero-order valence-electron chi connectivity index (χ0n) is 10.7. The highest BCUT2D eigenvalue weighted by Gasteiger charge is 1.86. The largest absolute Gasteiger partial charge is 0.380 e. The van der Waals surface area contributed by atoms with Crippen LogP contribution in [0.5, 0.6) is 0 Å². The van der Waals surface area contributed by atoms with E-state index >= 15 is 0 Å². The van der Waals surface area contributed by atoms with Crippen LogP contribution in [-0.4, -0.2) is 24.2 Å². The van der Waals surface area contributed by atoms with Crippen molar-refractivity contribution in [3.05, 3.63) is 60.2 Å². The van der Waals surface area contributed by atoms with Crippen LogP contribution in [0.2, 0.25) is 0 Å². The van der Waals surface area contributed by atoms with E-state index in [0.717, 1.165) is 11.3 Å². The van der Waals surface area contributed by atoms with Gasteiger partial charge >= 0.3 is 0 Å². The summed E-state index contributed by atoms with van der Waals surface area (Å²) in [6.07, 6.45) is 5.30. The molecule has 18 heavy (non-hydrogen) atoms. The van der Waals surface area contributed by atoms with E-state index in [0.29, 0.717) is 13.2 Å². The van der Waals surface area contributed by atoms with Gasteiger partial charge in [0.05, 0.1) is 18.9 Å². The molecule has 2 rings (SSSR count). The molecule has 0 unspecified atom stereocenters. The van der Waals surface area contributed by atoms with E-state index in [2.05, 4.69) is 9.97 Å². The smallest absolute Gasteiger partial charge is 0.0884 e. The lowest BCUT2D eigenvalue weighted by Gasteiger charge is -1.94. The zero-order valence-corrected chi connectivity index (χ0v) is 10.7. The Balaban J connectivity index is 0.000000180. The predicted octanol–water partition coefficient (Wildman–Crippen LogP) is 2.46. The number of methoxy groups -OCH3 is 2. The number of hydrogen-bond donors (Lipinski definition) is 0. The van der Waals surface area contributed by atoms with E-state index in [1.165, 1.54) is 0 Å². The molecule has 0 aliphatic carbocycles. The third-order valence-corrected chi connectivity index (χ3v) is 2.05. The molecule has 0 fully saturated rings. The van der Waals surface area contributed by atoms with Gasteiger partial charge in [-0.15, -0.1) is 0 Å². The van der Waals surface area contributed by atoms with E-state index in [-0.39, 0.29) is 0 Å². The number of nitrogens with zero attached hydrogens (tertiary/aromatic N) is 2. The Morgan fingerprint density at radius 3 is 2.33 bits per heavy atom. The van der Waals surface area contributed by atoms with Crippen LogP contribution < -0.4 is 0 Å². The molecule has 2 aromatic rings. The van der Waals surface area contributed by atoms with E-state index in [1.807, 2.05) is 30.3 Å². The van der Waals surface area contributed by atoms with E-state index in [9.17, 15) is 0 Å². The van der Waals surface area contributed by atoms with Gasteiger partial charge in [-0.05, 0) is 23.8 Å². The summed E-state index contributed by atoms with van der Waals surface area (Å²) in [5.74, 6) is 0. The van der Waals surface area contributed by atoms with E-state index < -0.39 is 0 Å². The summed E-state index contributed by atoms with van der Waals surface area (Å²) in [4.78, 5) is 7.97.